The summed E-state index contributed by atoms with van der Waals surface area (Å²) in [5.41, 5.74) is 1.42. The first-order chi connectivity index (χ1) is 15.8. The monoisotopic (exact) mass is 476 g/mol. The molecular formula is C23H32N4O5S. The van der Waals surface area contributed by atoms with Crippen molar-refractivity contribution in [3.8, 4) is 11.5 Å². The van der Waals surface area contributed by atoms with E-state index in [4.69, 9.17) is 9.47 Å². The molecule has 2 aromatic rings. The van der Waals surface area contributed by atoms with Crippen LogP contribution in [-0.4, -0.2) is 60.8 Å². The molecule has 1 aliphatic rings. The Morgan fingerprint density at radius 3 is 2.48 bits per heavy atom. The molecule has 1 saturated heterocycles. The lowest BCUT2D eigenvalue weighted by atomic mass is 10.1. The van der Waals surface area contributed by atoms with Crippen LogP contribution in [0.15, 0.2) is 41.3 Å². The van der Waals surface area contributed by atoms with E-state index in [0.29, 0.717) is 22.7 Å². The molecule has 1 atom stereocenters. The van der Waals surface area contributed by atoms with Crippen molar-refractivity contribution in [2.75, 3.05) is 50.0 Å². The van der Waals surface area contributed by atoms with Crippen molar-refractivity contribution in [1.29, 1.82) is 0 Å². The fourth-order valence-corrected chi connectivity index (χ4v) is 4.79. The first-order valence-electron chi connectivity index (χ1n) is 10.9. The predicted octanol–water partition coefficient (Wildman–Crippen LogP) is 2.44. The number of anilines is 2. The Kier molecular flexibility index (Phi) is 8.04. The van der Waals surface area contributed by atoms with Crippen molar-refractivity contribution in [3.63, 3.8) is 0 Å². The number of piperazine rings is 1. The highest BCUT2D eigenvalue weighted by Crippen LogP contribution is 2.33. The molecule has 1 heterocycles. The number of nitrogens with zero attached hydrogens (tertiary/aromatic N) is 1. The zero-order valence-corrected chi connectivity index (χ0v) is 20.3. The lowest BCUT2D eigenvalue weighted by molar-refractivity contribution is 0.0939. The van der Waals surface area contributed by atoms with E-state index in [1.54, 1.807) is 30.3 Å². The smallest absolute Gasteiger partial charge is 0.265 e. The first kappa shape index (κ1) is 24.7. The van der Waals surface area contributed by atoms with Crippen LogP contribution in [-0.2, 0) is 10.0 Å². The van der Waals surface area contributed by atoms with E-state index in [1.807, 2.05) is 13.8 Å². The fourth-order valence-electron chi connectivity index (χ4n) is 3.54. The summed E-state index contributed by atoms with van der Waals surface area (Å²) in [5, 5.41) is 6.21. The van der Waals surface area contributed by atoms with E-state index >= 15 is 0 Å². The van der Waals surface area contributed by atoms with Gasteiger partial charge in [-0.05, 0) is 43.7 Å². The summed E-state index contributed by atoms with van der Waals surface area (Å²) in [6.07, 6.45) is 0.791. The van der Waals surface area contributed by atoms with Crippen molar-refractivity contribution in [3.05, 3.63) is 42.0 Å². The highest BCUT2D eigenvalue weighted by molar-refractivity contribution is 7.92. The number of sulfonamides is 1. The number of carbonyl (C=O) groups is 1. The van der Waals surface area contributed by atoms with Gasteiger partial charge in [0.05, 0.1) is 25.6 Å². The number of hydrogen-bond donors (Lipinski definition) is 3. The molecule has 0 radical (unpaired) electrons. The van der Waals surface area contributed by atoms with Crippen molar-refractivity contribution in [2.24, 2.45) is 0 Å². The summed E-state index contributed by atoms with van der Waals surface area (Å²) >= 11 is 0. The first-order valence-corrected chi connectivity index (χ1v) is 12.4. The Balaban J connectivity index is 2.03. The molecule has 3 N–H and O–H groups in total. The minimum atomic E-state index is -4.05. The minimum absolute atomic E-state index is 0.00605. The Morgan fingerprint density at radius 2 is 1.85 bits per heavy atom. The number of rotatable bonds is 9. The summed E-state index contributed by atoms with van der Waals surface area (Å²) in [7, 11) is -1.17. The average Bonchev–Trinajstić information content (AvgIpc) is 2.83. The van der Waals surface area contributed by atoms with Gasteiger partial charge in [-0.1, -0.05) is 6.92 Å². The summed E-state index contributed by atoms with van der Waals surface area (Å²) in [5.74, 6) is 0.327. The van der Waals surface area contributed by atoms with Gasteiger partial charge in [0.2, 0.25) is 0 Å². The van der Waals surface area contributed by atoms with Gasteiger partial charge in [0.25, 0.3) is 15.9 Å². The molecule has 180 valence electrons. The molecule has 0 aromatic heterocycles. The van der Waals surface area contributed by atoms with Crippen LogP contribution in [0.25, 0.3) is 0 Å². The number of benzene rings is 2. The average molecular weight is 477 g/mol. The molecular weight excluding hydrogens is 444 g/mol. The lowest BCUT2D eigenvalue weighted by Gasteiger charge is -2.31. The summed E-state index contributed by atoms with van der Waals surface area (Å²) < 4.78 is 40.0. The van der Waals surface area contributed by atoms with Gasteiger partial charge in [-0.3, -0.25) is 9.52 Å². The van der Waals surface area contributed by atoms with Gasteiger partial charge in [-0.2, -0.15) is 0 Å². The second kappa shape index (κ2) is 10.8. The van der Waals surface area contributed by atoms with E-state index in [1.165, 1.54) is 20.3 Å². The highest BCUT2D eigenvalue weighted by Gasteiger charge is 2.25. The molecule has 0 bridgehead atoms. The molecule has 0 saturated carbocycles. The van der Waals surface area contributed by atoms with E-state index in [2.05, 4.69) is 20.3 Å². The predicted molar refractivity (Wildman–Crippen MR) is 129 cm³/mol. The number of ether oxygens (including phenoxy) is 2. The van der Waals surface area contributed by atoms with Crippen molar-refractivity contribution < 1.29 is 22.7 Å². The van der Waals surface area contributed by atoms with E-state index in [9.17, 15) is 13.2 Å². The molecule has 1 aliphatic heterocycles. The van der Waals surface area contributed by atoms with Crippen LogP contribution in [0, 0.1) is 0 Å². The second-order valence-corrected chi connectivity index (χ2v) is 9.52. The molecule has 1 fully saturated rings. The molecule has 10 heteroatoms. The topological polar surface area (TPSA) is 109 Å². The van der Waals surface area contributed by atoms with Gasteiger partial charge < -0.3 is 25.0 Å². The van der Waals surface area contributed by atoms with Gasteiger partial charge in [-0.15, -0.1) is 0 Å². The minimum Gasteiger partial charge on any atom is -0.497 e. The number of amides is 1. The van der Waals surface area contributed by atoms with Crippen LogP contribution in [0.3, 0.4) is 0 Å². The van der Waals surface area contributed by atoms with Crippen LogP contribution in [0.4, 0.5) is 11.4 Å². The number of carbonyl (C=O) groups excluding carboxylic acids is 1. The van der Waals surface area contributed by atoms with Gasteiger partial charge in [0.15, 0.2) is 0 Å². The number of methoxy groups -OCH3 is 2. The van der Waals surface area contributed by atoms with Crippen LogP contribution < -0.4 is 29.7 Å². The maximum absolute atomic E-state index is 13.4. The highest BCUT2D eigenvalue weighted by atomic mass is 32.2. The molecule has 9 nitrogen and oxygen atoms in total. The van der Waals surface area contributed by atoms with Gasteiger partial charge >= 0.3 is 0 Å². The van der Waals surface area contributed by atoms with Crippen molar-refractivity contribution >= 4 is 27.3 Å². The second-order valence-electron chi connectivity index (χ2n) is 7.87. The fraction of sp³-hybridized carbons (Fsp3) is 0.435. The summed E-state index contributed by atoms with van der Waals surface area (Å²) in [4.78, 5) is 14.8. The maximum Gasteiger partial charge on any atom is 0.265 e. The molecule has 0 spiro atoms. The zero-order chi connectivity index (χ0) is 24.0. The molecule has 1 amide bonds. The molecule has 0 aliphatic carbocycles. The summed E-state index contributed by atoms with van der Waals surface area (Å²) in [6, 6.07) is 9.68. The van der Waals surface area contributed by atoms with Crippen molar-refractivity contribution in [2.45, 2.75) is 31.2 Å². The number of nitrogens with one attached hydrogen (secondary N) is 3. The normalized spacial score (nSPS) is 15.0. The Morgan fingerprint density at radius 1 is 1.12 bits per heavy atom. The van der Waals surface area contributed by atoms with E-state index in [0.717, 1.165) is 32.6 Å². The van der Waals surface area contributed by atoms with Gasteiger partial charge in [0.1, 0.15) is 16.4 Å². The Hall–Kier alpha value is -2.98. The van der Waals surface area contributed by atoms with E-state index in [-0.39, 0.29) is 22.6 Å². The third kappa shape index (κ3) is 5.88. The molecule has 1 unspecified atom stereocenters. The number of hydrogen-bond acceptors (Lipinski definition) is 7. The van der Waals surface area contributed by atoms with Crippen LogP contribution in [0.1, 0.15) is 30.6 Å². The largest absolute Gasteiger partial charge is 0.497 e. The maximum atomic E-state index is 13.4. The summed E-state index contributed by atoms with van der Waals surface area (Å²) in [6.45, 7) is 6.91. The van der Waals surface area contributed by atoms with Crippen LogP contribution >= 0.6 is 0 Å². The zero-order valence-electron chi connectivity index (χ0n) is 19.5. The third-order valence-electron chi connectivity index (χ3n) is 5.61. The van der Waals surface area contributed by atoms with Gasteiger partial charge in [-0.25, -0.2) is 8.42 Å². The third-order valence-corrected chi connectivity index (χ3v) is 7.00. The molecule has 3 rings (SSSR count). The SMILES string of the molecule is CCC(C)NC(=O)c1ccc(N2CCNCC2)c(NS(=O)(=O)c2cc(OC)ccc2OC)c1. The Labute approximate surface area is 195 Å². The van der Waals surface area contributed by atoms with Gasteiger partial charge in [0, 0.05) is 43.9 Å². The molecule has 2 aromatic carbocycles. The standard InChI is InChI=1S/C23H32N4O5S/c1-5-16(2)25-23(28)17-6-8-20(27-12-10-24-11-13-27)19(14-17)26-33(29,30)22-15-18(31-3)7-9-21(22)32-4/h6-9,14-16,24,26H,5,10-13H2,1-4H3,(H,25,28). The molecule has 33 heavy (non-hydrogen) atoms. The van der Waals surface area contributed by atoms with Crippen LogP contribution in [0.5, 0.6) is 11.5 Å². The Bertz CT molecular complexity index is 1080. The lowest BCUT2D eigenvalue weighted by Crippen LogP contribution is -2.43. The van der Waals surface area contributed by atoms with E-state index < -0.39 is 10.0 Å². The quantitative estimate of drug-likeness (QED) is 0.510. The van der Waals surface area contributed by atoms with Crippen LogP contribution in [0.2, 0.25) is 0 Å². The van der Waals surface area contributed by atoms with Crippen molar-refractivity contribution in [1.82, 2.24) is 10.6 Å².